The lowest BCUT2D eigenvalue weighted by molar-refractivity contribution is 0.0735. The molecule has 4 aromatic rings. The Kier molecular flexibility index (Phi) is 5.90. The van der Waals surface area contributed by atoms with E-state index in [1.807, 2.05) is 0 Å². The Morgan fingerprint density at radius 3 is 2.58 bits per heavy atom. The van der Waals surface area contributed by atoms with Gasteiger partial charge in [0.2, 0.25) is 5.56 Å². The third-order valence-electron chi connectivity index (χ3n) is 4.54. The summed E-state index contributed by atoms with van der Waals surface area (Å²) in [7, 11) is 0. The van der Waals surface area contributed by atoms with Gasteiger partial charge in [-0.05, 0) is 37.3 Å². The van der Waals surface area contributed by atoms with E-state index >= 15 is 0 Å². The first-order valence-corrected chi connectivity index (χ1v) is 10.4. The number of pyridine rings is 1. The zero-order valence-corrected chi connectivity index (χ0v) is 17.3. The number of para-hydroxylation sites is 1. The normalized spacial score (nSPS) is 10.7. The number of benzene rings is 2. The summed E-state index contributed by atoms with van der Waals surface area (Å²) in [5, 5.41) is 1.15. The predicted molar refractivity (Wildman–Crippen MR) is 118 cm³/mol. The van der Waals surface area contributed by atoms with Crippen molar-refractivity contribution in [1.82, 2.24) is 15.0 Å². The number of aromatic nitrogens is 3. The molecule has 0 unspecified atom stereocenters. The van der Waals surface area contributed by atoms with Crippen molar-refractivity contribution < 1.29 is 14.3 Å². The van der Waals surface area contributed by atoms with Crippen LogP contribution in [-0.2, 0) is 5.75 Å². The zero-order valence-electron chi connectivity index (χ0n) is 16.5. The van der Waals surface area contributed by atoms with E-state index in [1.54, 1.807) is 60.9 Å². The lowest BCUT2D eigenvalue weighted by atomic mass is 10.1. The third kappa shape index (κ3) is 4.70. The highest BCUT2D eigenvalue weighted by molar-refractivity contribution is 7.98. The van der Waals surface area contributed by atoms with E-state index in [0.29, 0.717) is 38.7 Å². The maximum atomic E-state index is 13.0. The molecule has 0 spiro atoms. The van der Waals surface area contributed by atoms with Gasteiger partial charge in [0.25, 0.3) is 0 Å². The minimum Gasteiger partial charge on any atom is -0.423 e. The van der Waals surface area contributed by atoms with Gasteiger partial charge in [0.05, 0.1) is 5.56 Å². The smallest absolute Gasteiger partial charge is 0.344 e. The van der Waals surface area contributed by atoms with Crippen molar-refractivity contribution in [1.29, 1.82) is 0 Å². The first kappa shape index (κ1) is 20.5. The fraction of sp³-hybridized carbons (Fsp3) is 0.0870. The second-order valence-corrected chi connectivity index (χ2v) is 7.62. The van der Waals surface area contributed by atoms with Crippen LogP contribution < -0.4 is 10.3 Å². The van der Waals surface area contributed by atoms with Crippen LogP contribution in [0.5, 0.6) is 5.75 Å². The summed E-state index contributed by atoms with van der Waals surface area (Å²) < 4.78 is 5.66. The van der Waals surface area contributed by atoms with Crippen LogP contribution in [0.2, 0.25) is 0 Å². The van der Waals surface area contributed by atoms with Crippen molar-refractivity contribution in [3.63, 3.8) is 0 Å². The Morgan fingerprint density at radius 1 is 1.03 bits per heavy atom. The van der Waals surface area contributed by atoms with Crippen LogP contribution in [0.25, 0.3) is 10.9 Å². The van der Waals surface area contributed by atoms with Gasteiger partial charge < -0.3 is 9.72 Å². The zero-order chi connectivity index (χ0) is 21.8. The van der Waals surface area contributed by atoms with Crippen molar-refractivity contribution >= 4 is 34.4 Å². The number of fused-ring (bicyclic) bond motifs is 1. The number of thioether (sulfide) groups is 1. The van der Waals surface area contributed by atoms with Crippen LogP contribution in [-0.4, -0.2) is 26.7 Å². The van der Waals surface area contributed by atoms with E-state index in [1.165, 1.54) is 24.8 Å². The summed E-state index contributed by atoms with van der Waals surface area (Å²) in [6.07, 6.45) is 3.28. The number of carbonyl (C=O) groups is 2. The number of hydrogen-bond donors (Lipinski definition) is 1. The van der Waals surface area contributed by atoms with E-state index in [4.69, 9.17) is 4.74 Å². The molecule has 0 fully saturated rings. The number of hydrogen-bond acceptors (Lipinski definition) is 7. The monoisotopic (exact) mass is 431 g/mol. The molecule has 0 radical (unpaired) electrons. The second-order valence-electron chi connectivity index (χ2n) is 6.68. The largest absolute Gasteiger partial charge is 0.423 e. The van der Waals surface area contributed by atoms with Crippen LogP contribution in [0, 0.1) is 0 Å². The number of nitrogens with one attached hydrogen (secondary N) is 1. The van der Waals surface area contributed by atoms with Crippen LogP contribution in [0.1, 0.15) is 33.2 Å². The topological polar surface area (TPSA) is 102 Å². The molecule has 31 heavy (non-hydrogen) atoms. The Balaban J connectivity index is 1.67. The van der Waals surface area contributed by atoms with E-state index in [-0.39, 0.29) is 11.3 Å². The Morgan fingerprint density at radius 2 is 1.81 bits per heavy atom. The van der Waals surface area contributed by atoms with E-state index in [2.05, 4.69) is 15.0 Å². The molecule has 7 nitrogen and oxygen atoms in total. The standard InChI is InChI=1S/C23H17N3O4S/c1-14(27)15-7-8-20(16(11-15)13-31-23-24-9-4-10-25-23)30-22(29)18-12-21(28)26-19-6-3-2-5-17(18)19/h2-12H,13H2,1H3,(H,26,28). The number of nitrogens with zero attached hydrogens (tertiary/aromatic N) is 2. The molecule has 154 valence electrons. The average Bonchev–Trinajstić information content (AvgIpc) is 2.78. The summed E-state index contributed by atoms with van der Waals surface area (Å²) in [5.74, 6) is -0.0484. The molecule has 2 aromatic heterocycles. The van der Waals surface area contributed by atoms with Gasteiger partial charge in [-0.1, -0.05) is 30.0 Å². The van der Waals surface area contributed by atoms with E-state index in [0.717, 1.165) is 0 Å². The van der Waals surface area contributed by atoms with Gasteiger partial charge in [0, 0.05) is 46.2 Å². The van der Waals surface area contributed by atoms with E-state index in [9.17, 15) is 14.4 Å². The van der Waals surface area contributed by atoms with Crippen LogP contribution >= 0.6 is 11.8 Å². The highest BCUT2D eigenvalue weighted by Gasteiger charge is 2.17. The second kappa shape index (κ2) is 8.93. The molecule has 0 bridgehead atoms. The average molecular weight is 431 g/mol. The maximum Gasteiger partial charge on any atom is 0.344 e. The quantitative estimate of drug-likeness (QED) is 0.162. The minimum atomic E-state index is -0.653. The number of ketones is 1. The molecule has 2 heterocycles. The third-order valence-corrected chi connectivity index (χ3v) is 5.46. The maximum absolute atomic E-state index is 13.0. The fourth-order valence-corrected chi connectivity index (χ4v) is 3.82. The molecule has 0 atom stereocenters. The summed E-state index contributed by atoms with van der Waals surface area (Å²) >= 11 is 1.36. The van der Waals surface area contributed by atoms with Gasteiger partial charge in [0.1, 0.15) is 5.75 Å². The van der Waals surface area contributed by atoms with Crippen molar-refractivity contribution in [2.24, 2.45) is 0 Å². The molecular weight excluding hydrogens is 414 g/mol. The SMILES string of the molecule is CC(=O)c1ccc(OC(=O)c2cc(=O)[nH]c3ccccc23)c(CSc2ncccn2)c1. The summed E-state index contributed by atoms with van der Waals surface area (Å²) in [4.78, 5) is 47.8. The van der Waals surface area contributed by atoms with Gasteiger partial charge in [-0.25, -0.2) is 14.8 Å². The van der Waals surface area contributed by atoms with Crippen molar-refractivity contribution in [2.75, 3.05) is 0 Å². The number of aromatic amines is 1. The number of ether oxygens (including phenoxy) is 1. The van der Waals surface area contributed by atoms with Crippen molar-refractivity contribution in [3.8, 4) is 5.75 Å². The molecule has 0 saturated heterocycles. The van der Waals surface area contributed by atoms with Crippen molar-refractivity contribution in [2.45, 2.75) is 17.8 Å². The Labute approximate surface area is 181 Å². The lowest BCUT2D eigenvalue weighted by Crippen LogP contribution is -2.15. The molecule has 4 rings (SSSR count). The van der Waals surface area contributed by atoms with Gasteiger partial charge >= 0.3 is 5.97 Å². The molecule has 2 aromatic carbocycles. The molecule has 0 aliphatic rings. The molecular formula is C23H17N3O4S. The van der Waals surface area contributed by atoms with Gasteiger partial charge in [-0.3, -0.25) is 9.59 Å². The van der Waals surface area contributed by atoms with Crippen molar-refractivity contribution in [3.05, 3.63) is 94.0 Å². The highest BCUT2D eigenvalue weighted by Crippen LogP contribution is 2.28. The first-order valence-electron chi connectivity index (χ1n) is 9.39. The van der Waals surface area contributed by atoms with E-state index < -0.39 is 11.5 Å². The number of carbonyl (C=O) groups excluding carboxylic acids is 2. The Hall–Kier alpha value is -3.78. The highest BCUT2D eigenvalue weighted by atomic mass is 32.2. The van der Waals surface area contributed by atoms with Gasteiger partial charge in [-0.15, -0.1) is 0 Å². The summed E-state index contributed by atoms with van der Waals surface area (Å²) in [6, 6.07) is 14.8. The Bertz CT molecular complexity index is 1340. The molecule has 0 amide bonds. The molecule has 0 saturated carbocycles. The number of H-pyrrole nitrogens is 1. The van der Waals surface area contributed by atoms with Crippen LogP contribution in [0.4, 0.5) is 0 Å². The number of esters is 1. The molecule has 0 aliphatic heterocycles. The number of rotatable bonds is 6. The van der Waals surface area contributed by atoms with Crippen LogP contribution in [0.3, 0.4) is 0 Å². The van der Waals surface area contributed by atoms with Gasteiger partial charge in [0.15, 0.2) is 10.9 Å². The lowest BCUT2D eigenvalue weighted by Gasteiger charge is -2.12. The summed E-state index contributed by atoms with van der Waals surface area (Å²) in [5.41, 5.74) is 1.47. The minimum absolute atomic E-state index is 0.0966. The molecule has 0 aliphatic carbocycles. The first-order chi connectivity index (χ1) is 15.0. The van der Waals surface area contributed by atoms with Gasteiger partial charge in [-0.2, -0.15) is 0 Å². The molecule has 1 N–H and O–H groups in total. The predicted octanol–water partition coefficient (Wildman–Crippen LogP) is 4.03. The van der Waals surface area contributed by atoms with Crippen LogP contribution in [0.15, 0.2) is 76.9 Å². The molecule has 8 heteroatoms. The summed E-state index contributed by atoms with van der Waals surface area (Å²) in [6.45, 7) is 1.47. The number of Topliss-reactive ketones (excluding diaryl/α,β-unsaturated/α-hetero) is 1. The fourth-order valence-electron chi connectivity index (χ4n) is 3.04.